The summed E-state index contributed by atoms with van der Waals surface area (Å²) in [5.74, 6) is -0.889. The van der Waals surface area contributed by atoms with E-state index in [1.54, 1.807) is 48.5 Å². The fraction of sp³-hybridized carbons (Fsp3) is 0.318. The summed E-state index contributed by atoms with van der Waals surface area (Å²) in [5, 5.41) is 6.14. The van der Waals surface area contributed by atoms with Crippen molar-refractivity contribution < 1.29 is 14.4 Å². The van der Waals surface area contributed by atoms with Crippen LogP contribution in [0.15, 0.2) is 48.5 Å². The number of nitrogens with zero attached hydrogens (tertiary/aromatic N) is 1. The molecular weight excluding hydrogens is 390 g/mol. The van der Waals surface area contributed by atoms with Gasteiger partial charge >= 0.3 is 0 Å². The molecule has 152 valence electrons. The number of carbonyl (C=O) groups excluding carboxylic acids is 3. The van der Waals surface area contributed by atoms with Gasteiger partial charge in [0.05, 0.1) is 27.9 Å². The summed E-state index contributed by atoms with van der Waals surface area (Å²) in [7, 11) is 0. The van der Waals surface area contributed by atoms with E-state index < -0.39 is 5.92 Å². The summed E-state index contributed by atoms with van der Waals surface area (Å²) in [6, 6.07) is 13.9. The van der Waals surface area contributed by atoms with Crippen LogP contribution in [0, 0.1) is 11.8 Å². The van der Waals surface area contributed by atoms with Crippen LogP contribution in [0.2, 0.25) is 5.02 Å². The minimum atomic E-state index is -0.523. The minimum absolute atomic E-state index is 0.0960. The number of benzene rings is 2. The number of carbonyl (C=O) groups is 3. The van der Waals surface area contributed by atoms with Crippen LogP contribution >= 0.6 is 11.6 Å². The highest BCUT2D eigenvalue weighted by Crippen LogP contribution is 2.31. The van der Waals surface area contributed by atoms with E-state index in [2.05, 4.69) is 10.6 Å². The highest BCUT2D eigenvalue weighted by atomic mass is 35.5. The lowest BCUT2D eigenvalue weighted by Gasteiger charge is -2.18. The molecule has 0 aromatic heterocycles. The third-order valence-electron chi connectivity index (χ3n) is 4.74. The van der Waals surface area contributed by atoms with Crippen LogP contribution in [-0.4, -0.2) is 30.8 Å². The van der Waals surface area contributed by atoms with Gasteiger partial charge in [0.1, 0.15) is 0 Å². The van der Waals surface area contributed by atoms with Crippen molar-refractivity contribution in [3.05, 3.63) is 59.1 Å². The van der Waals surface area contributed by atoms with E-state index in [1.807, 2.05) is 13.8 Å². The lowest BCUT2D eigenvalue weighted by molar-refractivity contribution is -0.122. The molecule has 2 N–H and O–H groups in total. The molecule has 1 heterocycles. The monoisotopic (exact) mass is 413 g/mol. The van der Waals surface area contributed by atoms with E-state index in [-0.39, 0.29) is 30.7 Å². The van der Waals surface area contributed by atoms with Crippen molar-refractivity contribution in [1.82, 2.24) is 5.32 Å². The Morgan fingerprint density at radius 2 is 1.83 bits per heavy atom. The van der Waals surface area contributed by atoms with Gasteiger partial charge in [0.25, 0.3) is 5.91 Å². The molecule has 1 atom stereocenters. The van der Waals surface area contributed by atoms with Crippen molar-refractivity contribution in [3.8, 4) is 0 Å². The van der Waals surface area contributed by atoms with Gasteiger partial charge in [-0.15, -0.1) is 0 Å². The average Bonchev–Trinajstić information content (AvgIpc) is 3.08. The Kier molecular flexibility index (Phi) is 6.54. The topological polar surface area (TPSA) is 78.5 Å². The van der Waals surface area contributed by atoms with Crippen molar-refractivity contribution in [2.45, 2.75) is 20.3 Å². The second-order valence-electron chi connectivity index (χ2n) is 7.50. The first-order valence-electron chi connectivity index (χ1n) is 9.59. The summed E-state index contributed by atoms with van der Waals surface area (Å²) in [6.45, 7) is 4.81. The number of anilines is 2. The largest absolute Gasteiger partial charge is 0.352 e. The molecule has 6 nitrogen and oxygen atoms in total. The van der Waals surface area contributed by atoms with Crippen LogP contribution in [0.1, 0.15) is 30.6 Å². The number of nitrogens with one attached hydrogen (secondary N) is 2. The maximum absolute atomic E-state index is 12.8. The molecule has 2 aromatic rings. The van der Waals surface area contributed by atoms with Crippen molar-refractivity contribution in [2.24, 2.45) is 11.8 Å². The molecule has 29 heavy (non-hydrogen) atoms. The Bertz CT molecular complexity index is 929. The summed E-state index contributed by atoms with van der Waals surface area (Å²) in [4.78, 5) is 39.2. The van der Waals surface area contributed by atoms with Crippen LogP contribution in [0.25, 0.3) is 0 Å². The Morgan fingerprint density at radius 3 is 2.55 bits per heavy atom. The quantitative estimate of drug-likeness (QED) is 0.757. The molecule has 1 aliphatic heterocycles. The standard InChI is InChI=1S/C22H24ClN3O3/c1-14(2)12-24-22(29)16-7-3-5-9-18(16)25-21(28)15-11-20(27)26(13-15)19-10-6-4-8-17(19)23/h3-10,14-15H,11-13H2,1-2H3,(H,24,29)(H,25,28)/t15-/m0/s1. The predicted molar refractivity (Wildman–Crippen MR) is 114 cm³/mol. The number of hydrogen-bond acceptors (Lipinski definition) is 3. The van der Waals surface area contributed by atoms with E-state index in [4.69, 9.17) is 11.6 Å². The Hall–Kier alpha value is -2.86. The lowest BCUT2D eigenvalue weighted by Crippen LogP contribution is -2.30. The normalized spacial score (nSPS) is 16.2. The van der Waals surface area contributed by atoms with Gasteiger partial charge in [-0.05, 0) is 30.2 Å². The maximum atomic E-state index is 12.8. The second kappa shape index (κ2) is 9.09. The van der Waals surface area contributed by atoms with Crippen molar-refractivity contribution in [1.29, 1.82) is 0 Å². The molecule has 1 fully saturated rings. The first-order chi connectivity index (χ1) is 13.9. The van der Waals surface area contributed by atoms with Crippen molar-refractivity contribution in [2.75, 3.05) is 23.3 Å². The molecular formula is C22H24ClN3O3. The first kappa shape index (κ1) is 20.9. The van der Waals surface area contributed by atoms with Gasteiger partial charge in [-0.2, -0.15) is 0 Å². The smallest absolute Gasteiger partial charge is 0.253 e. The predicted octanol–water partition coefficient (Wildman–Crippen LogP) is 3.72. The van der Waals surface area contributed by atoms with Crippen molar-refractivity contribution >= 4 is 40.7 Å². The number of amides is 3. The van der Waals surface area contributed by atoms with Crippen LogP contribution in [0.3, 0.4) is 0 Å². The SMILES string of the molecule is CC(C)CNC(=O)c1ccccc1NC(=O)[C@H]1CC(=O)N(c2ccccc2Cl)C1. The number of para-hydroxylation sites is 2. The summed E-state index contributed by atoms with van der Waals surface area (Å²) in [6.07, 6.45) is 0.0960. The molecule has 0 aliphatic carbocycles. The summed E-state index contributed by atoms with van der Waals surface area (Å²) in [5.41, 5.74) is 1.43. The number of hydrogen-bond donors (Lipinski definition) is 2. The molecule has 0 saturated carbocycles. The third-order valence-corrected chi connectivity index (χ3v) is 5.06. The van der Waals surface area contributed by atoms with Gasteiger partial charge in [-0.25, -0.2) is 0 Å². The summed E-state index contributed by atoms with van der Waals surface area (Å²) >= 11 is 6.20. The fourth-order valence-corrected chi connectivity index (χ4v) is 3.44. The molecule has 1 saturated heterocycles. The van der Waals surface area contributed by atoms with E-state index in [9.17, 15) is 14.4 Å². The zero-order valence-electron chi connectivity index (χ0n) is 16.4. The van der Waals surface area contributed by atoms with E-state index in [1.165, 1.54) is 4.90 Å². The van der Waals surface area contributed by atoms with Crippen LogP contribution < -0.4 is 15.5 Å². The zero-order valence-corrected chi connectivity index (χ0v) is 17.2. The van der Waals surface area contributed by atoms with Crippen molar-refractivity contribution in [3.63, 3.8) is 0 Å². The second-order valence-corrected chi connectivity index (χ2v) is 7.90. The van der Waals surface area contributed by atoms with Crippen LogP contribution in [0.4, 0.5) is 11.4 Å². The fourth-order valence-electron chi connectivity index (χ4n) is 3.20. The van der Waals surface area contributed by atoms with Gasteiger partial charge in [0.15, 0.2) is 0 Å². The Morgan fingerprint density at radius 1 is 1.14 bits per heavy atom. The summed E-state index contributed by atoms with van der Waals surface area (Å²) < 4.78 is 0. The molecule has 7 heteroatoms. The van der Waals surface area contributed by atoms with Crippen LogP contribution in [0.5, 0.6) is 0 Å². The number of rotatable bonds is 6. The highest BCUT2D eigenvalue weighted by molar-refractivity contribution is 6.34. The Labute approximate surface area is 175 Å². The van der Waals surface area contributed by atoms with E-state index in [0.29, 0.717) is 34.4 Å². The molecule has 0 spiro atoms. The molecule has 2 aromatic carbocycles. The van der Waals surface area contributed by atoms with Gasteiger partial charge in [0, 0.05) is 19.5 Å². The number of halogens is 1. The van der Waals surface area contributed by atoms with Gasteiger partial charge in [0.2, 0.25) is 11.8 Å². The third kappa shape index (κ3) is 4.95. The molecule has 3 rings (SSSR count). The first-order valence-corrected chi connectivity index (χ1v) is 9.97. The molecule has 3 amide bonds. The molecule has 0 bridgehead atoms. The Balaban J connectivity index is 1.71. The average molecular weight is 414 g/mol. The van der Waals surface area contributed by atoms with Gasteiger partial charge in [-0.3, -0.25) is 14.4 Å². The van der Waals surface area contributed by atoms with E-state index >= 15 is 0 Å². The highest BCUT2D eigenvalue weighted by Gasteiger charge is 2.36. The zero-order chi connectivity index (χ0) is 21.0. The van der Waals surface area contributed by atoms with Gasteiger partial charge < -0.3 is 15.5 Å². The minimum Gasteiger partial charge on any atom is -0.352 e. The lowest BCUT2D eigenvalue weighted by atomic mass is 10.1. The van der Waals surface area contributed by atoms with Gasteiger partial charge in [-0.1, -0.05) is 49.7 Å². The molecule has 0 unspecified atom stereocenters. The maximum Gasteiger partial charge on any atom is 0.253 e. The van der Waals surface area contributed by atoms with E-state index in [0.717, 1.165) is 0 Å². The molecule has 0 radical (unpaired) electrons. The molecule has 1 aliphatic rings. The van der Waals surface area contributed by atoms with Crippen LogP contribution in [-0.2, 0) is 9.59 Å².